The Kier molecular flexibility index (Phi) is 7.02. The third-order valence-electron chi connectivity index (χ3n) is 5.24. The Labute approximate surface area is 161 Å². The predicted octanol–water partition coefficient (Wildman–Crippen LogP) is 3.78. The smallest absolute Gasteiger partial charge is 0.302 e. The number of hydrogen-bond donors (Lipinski definition) is 1. The van der Waals surface area contributed by atoms with Crippen LogP contribution in [0.15, 0.2) is 60.7 Å². The van der Waals surface area contributed by atoms with E-state index in [1.54, 1.807) is 0 Å². The van der Waals surface area contributed by atoms with Crippen molar-refractivity contribution < 1.29 is 14.6 Å². The topological polar surface area (TPSA) is 49.8 Å². The number of rotatable bonds is 7. The summed E-state index contributed by atoms with van der Waals surface area (Å²) in [5.41, 5.74) is 2.52. The molecule has 3 rings (SSSR count). The van der Waals surface area contributed by atoms with Crippen LogP contribution in [-0.2, 0) is 22.6 Å². The average Bonchev–Trinajstić information content (AvgIpc) is 2.66. The highest BCUT2D eigenvalue weighted by Crippen LogP contribution is 2.29. The first-order valence-corrected chi connectivity index (χ1v) is 9.77. The van der Waals surface area contributed by atoms with E-state index in [9.17, 15) is 9.90 Å². The van der Waals surface area contributed by atoms with Gasteiger partial charge in [0.1, 0.15) is 6.10 Å². The van der Waals surface area contributed by atoms with Gasteiger partial charge in [-0.3, -0.25) is 9.69 Å². The van der Waals surface area contributed by atoms with Crippen molar-refractivity contribution in [1.82, 2.24) is 4.90 Å². The molecule has 1 aliphatic rings. The van der Waals surface area contributed by atoms with Gasteiger partial charge in [-0.25, -0.2) is 0 Å². The lowest BCUT2D eigenvalue weighted by Crippen LogP contribution is -2.45. The summed E-state index contributed by atoms with van der Waals surface area (Å²) in [6.45, 7) is 3.85. The molecule has 0 amide bonds. The molecule has 4 nitrogen and oxygen atoms in total. The summed E-state index contributed by atoms with van der Waals surface area (Å²) in [4.78, 5) is 13.7. The lowest BCUT2D eigenvalue weighted by atomic mass is 9.84. The zero-order chi connectivity index (χ0) is 19.1. The van der Waals surface area contributed by atoms with Crippen LogP contribution in [0.5, 0.6) is 0 Å². The summed E-state index contributed by atoms with van der Waals surface area (Å²) in [5, 5.41) is 10.8. The molecule has 4 heteroatoms. The van der Waals surface area contributed by atoms with Gasteiger partial charge in [0.05, 0.1) is 6.10 Å². The SMILES string of the molecule is CC(=O)O[C@@H]1CCC[C@@H](CN(Cc2ccccc2)Cc2ccccc2)[C@H]1O. The second-order valence-electron chi connectivity index (χ2n) is 7.47. The van der Waals surface area contributed by atoms with Crippen molar-refractivity contribution in [3.8, 4) is 0 Å². The monoisotopic (exact) mass is 367 g/mol. The van der Waals surface area contributed by atoms with Gasteiger partial charge < -0.3 is 9.84 Å². The number of benzene rings is 2. The van der Waals surface area contributed by atoms with Crippen molar-refractivity contribution in [3.63, 3.8) is 0 Å². The van der Waals surface area contributed by atoms with Gasteiger partial charge in [-0.15, -0.1) is 0 Å². The molecular formula is C23H29NO3. The number of esters is 1. The van der Waals surface area contributed by atoms with E-state index in [1.807, 2.05) is 12.1 Å². The van der Waals surface area contributed by atoms with E-state index in [0.29, 0.717) is 0 Å². The molecule has 144 valence electrons. The standard InChI is InChI=1S/C23H29NO3/c1-18(25)27-22-14-8-13-21(23(22)26)17-24(15-19-9-4-2-5-10-19)16-20-11-6-3-7-12-20/h2-7,9-12,21-23,26H,8,13-17H2,1H3/t21-,22+,23+/m0/s1. The van der Waals surface area contributed by atoms with Crippen LogP contribution < -0.4 is 0 Å². The van der Waals surface area contributed by atoms with Gasteiger partial charge in [0.2, 0.25) is 0 Å². The van der Waals surface area contributed by atoms with E-state index in [4.69, 9.17) is 4.74 Å². The highest BCUT2D eigenvalue weighted by molar-refractivity contribution is 5.66. The first kappa shape index (κ1) is 19.6. The van der Waals surface area contributed by atoms with Crippen LogP contribution >= 0.6 is 0 Å². The van der Waals surface area contributed by atoms with Gasteiger partial charge in [-0.1, -0.05) is 60.7 Å². The van der Waals surface area contributed by atoms with Crippen molar-refractivity contribution in [2.24, 2.45) is 5.92 Å². The largest absolute Gasteiger partial charge is 0.460 e. The normalized spacial score (nSPS) is 22.6. The van der Waals surface area contributed by atoms with Gasteiger partial charge in [-0.05, 0) is 30.4 Å². The van der Waals surface area contributed by atoms with Crippen LogP contribution in [0.2, 0.25) is 0 Å². The Hall–Kier alpha value is -2.17. The molecule has 0 aromatic heterocycles. The third-order valence-corrected chi connectivity index (χ3v) is 5.24. The molecule has 3 atom stereocenters. The van der Waals surface area contributed by atoms with Gasteiger partial charge >= 0.3 is 5.97 Å². The summed E-state index contributed by atoms with van der Waals surface area (Å²) in [7, 11) is 0. The third kappa shape index (κ3) is 5.91. The van der Waals surface area contributed by atoms with Crippen LogP contribution in [0.3, 0.4) is 0 Å². The van der Waals surface area contributed by atoms with Crippen LogP contribution in [0.1, 0.15) is 37.3 Å². The van der Waals surface area contributed by atoms with E-state index >= 15 is 0 Å². The van der Waals surface area contributed by atoms with Crippen LogP contribution in [0.4, 0.5) is 0 Å². The molecule has 0 radical (unpaired) electrons. The van der Waals surface area contributed by atoms with Crippen LogP contribution in [0.25, 0.3) is 0 Å². The number of aliphatic hydroxyl groups excluding tert-OH is 1. The Bertz CT molecular complexity index is 663. The molecule has 0 unspecified atom stereocenters. The van der Waals surface area contributed by atoms with Gasteiger partial charge in [0, 0.05) is 32.5 Å². The molecule has 1 aliphatic carbocycles. The first-order chi connectivity index (χ1) is 13.1. The fourth-order valence-corrected chi connectivity index (χ4v) is 3.97. The molecule has 1 fully saturated rings. The quantitative estimate of drug-likeness (QED) is 0.757. The van der Waals surface area contributed by atoms with Gasteiger partial charge in [-0.2, -0.15) is 0 Å². The Morgan fingerprint density at radius 2 is 1.56 bits per heavy atom. The minimum Gasteiger partial charge on any atom is -0.460 e. The number of nitrogens with zero attached hydrogens (tertiary/aromatic N) is 1. The molecule has 1 N–H and O–H groups in total. The van der Waals surface area contributed by atoms with Gasteiger partial charge in [0.25, 0.3) is 0 Å². The highest BCUT2D eigenvalue weighted by atomic mass is 16.6. The maximum atomic E-state index is 11.3. The molecule has 2 aromatic rings. The summed E-state index contributed by atoms with van der Waals surface area (Å²) < 4.78 is 5.34. The van der Waals surface area contributed by atoms with Crippen molar-refractivity contribution in [3.05, 3.63) is 71.8 Å². The number of aliphatic hydroxyl groups is 1. The molecule has 1 saturated carbocycles. The zero-order valence-electron chi connectivity index (χ0n) is 16.0. The molecule has 0 aliphatic heterocycles. The van der Waals surface area contributed by atoms with Crippen LogP contribution in [-0.4, -0.2) is 34.7 Å². The molecule has 0 spiro atoms. The summed E-state index contributed by atoms with van der Waals surface area (Å²) in [6, 6.07) is 20.8. The summed E-state index contributed by atoms with van der Waals surface area (Å²) >= 11 is 0. The molecule has 0 saturated heterocycles. The lowest BCUT2D eigenvalue weighted by Gasteiger charge is -2.37. The Morgan fingerprint density at radius 3 is 2.07 bits per heavy atom. The van der Waals surface area contributed by atoms with E-state index in [1.165, 1.54) is 18.1 Å². The fraction of sp³-hybridized carbons (Fsp3) is 0.435. The molecule has 0 bridgehead atoms. The Balaban J connectivity index is 1.70. The molecule has 27 heavy (non-hydrogen) atoms. The minimum absolute atomic E-state index is 0.107. The molecular weight excluding hydrogens is 338 g/mol. The predicted molar refractivity (Wildman–Crippen MR) is 106 cm³/mol. The second-order valence-corrected chi connectivity index (χ2v) is 7.47. The summed E-state index contributed by atoms with van der Waals surface area (Å²) in [5.74, 6) is -0.208. The second kappa shape index (κ2) is 9.67. The number of carbonyl (C=O) groups excluding carboxylic acids is 1. The first-order valence-electron chi connectivity index (χ1n) is 9.77. The minimum atomic E-state index is -0.600. The maximum absolute atomic E-state index is 11.3. The van der Waals surface area contributed by atoms with Crippen molar-refractivity contribution in [1.29, 1.82) is 0 Å². The van der Waals surface area contributed by atoms with Crippen molar-refractivity contribution >= 4 is 5.97 Å². The van der Waals surface area contributed by atoms with E-state index in [2.05, 4.69) is 53.4 Å². The van der Waals surface area contributed by atoms with Crippen molar-refractivity contribution in [2.45, 2.75) is 51.5 Å². The average molecular weight is 367 g/mol. The van der Waals surface area contributed by atoms with E-state index in [0.717, 1.165) is 38.9 Å². The Morgan fingerprint density at radius 1 is 1.00 bits per heavy atom. The zero-order valence-corrected chi connectivity index (χ0v) is 16.0. The highest BCUT2D eigenvalue weighted by Gasteiger charge is 2.34. The number of carbonyl (C=O) groups is 1. The molecule has 2 aromatic carbocycles. The maximum Gasteiger partial charge on any atom is 0.302 e. The molecule has 0 heterocycles. The fourth-order valence-electron chi connectivity index (χ4n) is 3.97. The van der Waals surface area contributed by atoms with Gasteiger partial charge in [0.15, 0.2) is 0 Å². The van der Waals surface area contributed by atoms with Crippen molar-refractivity contribution in [2.75, 3.05) is 6.54 Å². The number of ether oxygens (including phenoxy) is 1. The van der Waals surface area contributed by atoms with E-state index < -0.39 is 6.10 Å². The lowest BCUT2D eigenvalue weighted by molar-refractivity contribution is -0.158. The van der Waals surface area contributed by atoms with Crippen LogP contribution in [0, 0.1) is 5.92 Å². The van der Waals surface area contributed by atoms with E-state index in [-0.39, 0.29) is 18.0 Å². The number of hydrogen-bond acceptors (Lipinski definition) is 4. The summed E-state index contributed by atoms with van der Waals surface area (Å²) in [6.07, 6.45) is 1.70.